The first-order valence-electron chi connectivity index (χ1n) is 16.6. The first-order valence-corrected chi connectivity index (χ1v) is 18.6. The molecular weight excluding hydrogens is 529 g/mol. The molecule has 1 atom stereocenters. The molecule has 0 amide bonds. The Bertz CT molecular complexity index is 1100. The van der Waals surface area contributed by atoms with Gasteiger partial charge in [-0.1, -0.05) is 132 Å². The molecular formula is C39H54NOP+. The molecule has 3 aromatic rings. The Morgan fingerprint density at radius 2 is 1.07 bits per heavy atom. The van der Waals surface area contributed by atoms with Crippen LogP contribution in [-0.2, 0) is 5.21 Å². The third-order valence-electron chi connectivity index (χ3n) is 9.49. The normalized spacial score (nSPS) is 19.0. The smallest absolute Gasteiger partial charge is 0.115 e. The zero-order valence-electron chi connectivity index (χ0n) is 26.5. The van der Waals surface area contributed by atoms with Crippen LogP contribution < -0.4 is 15.9 Å². The maximum atomic E-state index is 13.9. The Balaban J connectivity index is 1.54. The highest BCUT2D eigenvalue weighted by Gasteiger charge is 2.50. The summed E-state index contributed by atoms with van der Waals surface area (Å²) in [6, 6.07) is 33.2. The predicted molar refractivity (Wildman–Crippen MR) is 184 cm³/mol. The maximum Gasteiger partial charge on any atom is 0.115 e. The molecule has 0 aliphatic carbocycles. The summed E-state index contributed by atoms with van der Waals surface area (Å²) in [4.78, 5) is 0. The van der Waals surface area contributed by atoms with Crippen molar-refractivity contribution in [3.8, 4) is 0 Å². The van der Waals surface area contributed by atoms with Gasteiger partial charge in [0.05, 0.1) is 11.7 Å². The van der Waals surface area contributed by atoms with Gasteiger partial charge in [0.15, 0.2) is 0 Å². The van der Waals surface area contributed by atoms with Gasteiger partial charge in [0, 0.05) is 5.54 Å². The molecule has 0 saturated carbocycles. The van der Waals surface area contributed by atoms with Crippen molar-refractivity contribution >= 4 is 23.2 Å². The fourth-order valence-corrected chi connectivity index (χ4v) is 10.9. The Morgan fingerprint density at radius 3 is 1.48 bits per heavy atom. The molecule has 225 valence electrons. The van der Waals surface area contributed by atoms with E-state index < -0.39 is 12.8 Å². The van der Waals surface area contributed by atoms with Crippen LogP contribution >= 0.6 is 7.26 Å². The quantitative estimate of drug-likeness (QED) is 0.0881. The number of hydrogen-bond acceptors (Lipinski definition) is 1. The van der Waals surface area contributed by atoms with E-state index in [4.69, 9.17) is 0 Å². The van der Waals surface area contributed by atoms with Gasteiger partial charge in [-0.3, -0.25) is 0 Å². The molecule has 2 nitrogen and oxygen atoms in total. The molecule has 0 spiro atoms. The van der Waals surface area contributed by atoms with Crippen LogP contribution in [0.1, 0.15) is 104 Å². The Hall–Kier alpha value is -2.25. The lowest BCUT2D eigenvalue weighted by Crippen LogP contribution is -2.47. The highest BCUT2D eigenvalue weighted by Crippen LogP contribution is 2.55. The van der Waals surface area contributed by atoms with Crippen LogP contribution in [0.5, 0.6) is 0 Å². The van der Waals surface area contributed by atoms with Crippen molar-refractivity contribution in [2.45, 2.75) is 115 Å². The number of unbranched alkanes of at least 4 members (excludes halogenated alkanes) is 9. The molecule has 1 saturated heterocycles. The summed E-state index contributed by atoms with van der Waals surface area (Å²) in [5, 5.41) is 19.5. The molecule has 0 N–H and O–H groups in total. The van der Waals surface area contributed by atoms with Gasteiger partial charge in [0.25, 0.3) is 0 Å². The van der Waals surface area contributed by atoms with Crippen LogP contribution in [0, 0.1) is 0 Å². The highest BCUT2D eigenvalue weighted by atomic mass is 31.2. The first-order chi connectivity index (χ1) is 20.4. The third-order valence-corrected chi connectivity index (χ3v) is 13.8. The van der Waals surface area contributed by atoms with Gasteiger partial charge in [-0.05, 0) is 75.6 Å². The molecule has 3 aromatic carbocycles. The average Bonchev–Trinajstić information content (AvgIpc) is 3.25. The summed E-state index contributed by atoms with van der Waals surface area (Å²) in [7, 11) is -1.95. The number of hydrogen-bond donors (Lipinski definition) is 0. The molecule has 1 unspecified atom stereocenters. The molecule has 42 heavy (non-hydrogen) atoms. The summed E-state index contributed by atoms with van der Waals surface area (Å²) in [5.74, 6) is 0. The number of rotatable bonds is 17. The fraction of sp³-hybridized carbons (Fsp3) is 0.487. The van der Waals surface area contributed by atoms with Crippen molar-refractivity contribution in [1.29, 1.82) is 0 Å². The van der Waals surface area contributed by atoms with Gasteiger partial charge < -0.3 is 0 Å². The molecule has 0 aromatic heterocycles. The fourth-order valence-electron chi connectivity index (χ4n) is 6.95. The summed E-state index contributed by atoms with van der Waals surface area (Å²) in [6.45, 7) is 6.54. The predicted octanol–water partition coefficient (Wildman–Crippen LogP) is 9.81. The lowest BCUT2D eigenvalue weighted by atomic mass is 9.89. The largest absolute Gasteiger partial charge is 0.140 e. The van der Waals surface area contributed by atoms with Crippen molar-refractivity contribution in [1.82, 2.24) is 5.06 Å². The van der Waals surface area contributed by atoms with Crippen molar-refractivity contribution < 1.29 is 5.21 Å². The van der Waals surface area contributed by atoms with E-state index in [1.54, 1.807) is 0 Å². The van der Waals surface area contributed by atoms with Crippen LogP contribution in [0.4, 0.5) is 0 Å². The zero-order chi connectivity index (χ0) is 29.7. The number of benzene rings is 3. The first kappa shape index (κ1) is 32.7. The second-order valence-electron chi connectivity index (χ2n) is 13.0. The van der Waals surface area contributed by atoms with Crippen molar-refractivity contribution in [3.63, 3.8) is 0 Å². The second-order valence-corrected chi connectivity index (χ2v) is 16.6. The van der Waals surface area contributed by atoms with E-state index in [1.165, 1.54) is 78.8 Å². The number of nitrogens with zero attached hydrogens (tertiary/aromatic N) is 1. The van der Waals surface area contributed by atoms with Crippen LogP contribution in [-0.4, -0.2) is 22.3 Å². The maximum absolute atomic E-state index is 13.9. The number of allylic oxidation sites excluding steroid dienone is 1. The minimum absolute atomic E-state index is 0.312. The van der Waals surface area contributed by atoms with E-state index in [1.807, 2.05) is 0 Å². The summed E-state index contributed by atoms with van der Waals surface area (Å²) in [5.41, 5.74) is -0.712. The van der Waals surface area contributed by atoms with E-state index in [0.717, 1.165) is 31.8 Å². The second kappa shape index (κ2) is 16.0. The van der Waals surface area contributed by atoms with Gasteiger partial charge in [0.1, 0.15) is 23.2 Å². The van der Waals surface area contributed by atoms with Crippen molar-refractivity contribution in [2.75, 3.05) is 6.16 Å². The van der Waals surface area contributed by atoms with Crippen LogP contribution in [0.3, 0.4) is 0 Å². The van der Waals surface area contributed by atoms with Crippen molar-refractivity contribution in [2.24, 2.45) is 0 Å². The average molecular weight is 584 g/mol. The van der Waals surface area contributed by atoms with Gasteiger partial charge in [-0.25, -0.2) is 0 Å². The van der Waals surface area contributed by atoms with E-state index in [9.17, 15) is 5.21 Å². The SMILES string of the molecule is CCCCCCCCCCCCC1(/C=C/C[P+](c2ccccc2)(c2ccccc2)c2ccccc2)CCC(C)(C)N1[O]. The lowest BCUT2D eigenvalue weighted by Gasteiger charge is -2.36. The molecule has 1 fully saturated rings. The van der Waals surface area contributed by atoms with Gasteiger partial charge in [-0.15, -0.1) is 10.3 Å². The molecule has 0 bridgehead atoms. The molecule has 3 heteroatoms. The third kappa shape index (κ3) is 8.02. The van der Waals surface area contributed by atoms with Gasteiger partial charge >= 0.3 is 0 Å². The van der Waals surface area contributed by atoms with Crippen LogP contribution in [0.25, 0.3) is 0 Å². The highest BCUT2D eigenvalue weighted by molar-refractivity contribution is 7.95. The zero-order valence-corrected chi connectivity index (χ0v) is 27.4. The van der Waals surface area contributed by atoms with E-state index in [0.29, 0.717) is 0 Å². The summed E-state index contributed by atoms with van der Waals surface area (Å²) in [6.07, 6.45) is 21.7. The molecule has 4 rings (SSSR count). The van der Waals surface area contributed by atoms with Crippen LogP contribution in [0.2, 0.25) is 0 Å². The summed E-state index contributed by atoms with van der Waals surface area (Å²) >= 11 is 0. The van der Waals surface area contributed by atoms with Gasteiger partial charge in [0.2, 0.25) is 0 Å². The van der Waals surface area contributed by atoms with Crippen molar-refractivity contribution in [3.05, 3.63) is 103 Å². The van der Waals surface area contributed by atoms with Gasteiger partial charge in [-0.2, -0.15) is 0 Å². The Morgan fingerprint density at radius 1 is 0.643 bits per heavy atom. The van der Waals surface area contributed by atoms with E-state index >= 15 is 0 Å². The minimum atomic E-state index is -1.95. The minimum Gasteiger partial charge on any atom is -0.140 e. The standard InChI is InChI=1S/C39H54NOP/c1-4-5-6-7-8-9-10-11-12-22-30-39(33-32-38(2,3)40(39)41)31-23-34-42(35-24-16-13-17-25-35,36-26-18-14-19-27-36)37-28-20-15-21-29-37/h13-21,23-29,31H,4-12,22,30,32-34H2,1-3H3/q+1/b31-23+. The monoisotopic (exact) mass is 583 g/mol. The number of hydroxylamine groups is 2. The van der Waals surface area contributed by atoms with E-state index in [-0.39, 0.29) is 5.54 Å². The molecule has 1 aliphatic heterocycles. The lowest BCUT2D eigenvalue weighted by molar-refractivity contribution is -0.242. The molecule has 1 aliphatic rings. The topological polar surface area (TPSA) is 23.1 Å². The van der Waals surface area contributed by atoms with Crippen LogP contribution in [0.15, 0.2) is 103 Å². The molecule has 1 radical (unpaired) electrons. The Kier molecular flexibility index (Phi) is 12.4. The molecule has 1 heterocycles. The Labute approximate surface area is 257 Å². The summed E-state index contributed by atoms with van der Waals surface area (Å²) < 4.78 is 0. The van der Waals surface area contributed by atoms with E-state index in [2.05, 4.69) is 124 Å².